The fourth-order valence-corrected chi connectivity index (χ4v) is 4.74. The number of carbonyl (C=O) groups is 1. The molecule has 8 heteroatoms. The van der Waals surface area contributed by atoms with Crippen LogP contribution in [0.4, 0.5) is 0 Å². The second-order valence-electron chi connectivity index (χ2n) is 5.09. The highest BCUT2D eigenvalue weighted by molar-refractivity contribution is 7.91. The van der Waals surface area contributed by atoms with Crippen molar-refractivity contribution in [1.82, 2.24) is 10.0 Å². The van der Waals surface area contributed by atoms with Crippen LogP contribution in [0.5, 0.6) is 0 Å². The summed E-state index contributed by atoms with van der Waals surface area (Å²) < 4.78 is 26.6. The van der Waals surface area contributed by atoms with Crippen molar-refractivity contribution in [3.63, 3.8) is 0 Å². The summed E-state index contributed by atoms with van der Waals surface area (Å²) in [5.41, 5.74) is 1.38. The molecule has 22 heavy (non-hydrogen) atoms. The van der Waals surface area contributed by atoms with Crippen LogP contribution in [-0.4, -0.2) is 27.4 Å². The molecule has 5 nitrogen and oxygen atoms in total. The quantitative estimate of drug-likeness (QED) is 0.732. The number of allylic oxidation sites excluding steroid dienone is 1. The Morgan fingerprint density at radius 3 is 2.77 bits per heavy atom. The number of amides is 1. The molecule has 0 aromatic carbocycles. The Labute approximate surface area is 139 Å². The van der Waals surface area contributed by atoms with Gasteiger partial charge in [-0.05, 0) is 44.2 Å². The van der Waals surface area contributed by atoms with Gasteiger partial charge in [0.15, 0.2) is 0 Å². The van der Waals surface area contributed by atoms with Crippen molar-refractivity contribution >= 4 is 38.9 Å². The number of nitrogens with one attached hydrogen (secondary N) is 2. The standard InChI is InChI=1S/C14H19ClN2O3S2/c15-12-6-7-14(21-12)22(19,20)17-10-13(18)16-9-8-11-4-2-1-3-5-11/h4,6-7,17H,1-3,5,8-10H2,(H,16,18). The normalized spacial score (nSPS) is 15.4. The summed E-state index contributed by atoms with van der Waals surface area (Å²) in [6.07, 6.45) is 7.74. The van der Waals surface area contributed by atoms with Crippen LogP contribution < -0.4 is 10.0 Å². The Balaban J connectivity index is 1.72. The molecular weight excluding hydrogens is 344 g/mol. The predicted octanol–water partition coefficient (Wildman–Crippen LogP) is 2.69. The van der Waals surface area contributed by atoms with E-state index in [2.05, 4.69) is 16.1 Å². The van der Waals surface area contributed by atoms with Gasteiger partial charge in [-0.3, -0.25) is 4.79 Å². The lowest BCUT2D eigenvalue weighted by Gasteiger charge is -2.13. The van der Waals surface area contributed by atoms with Gasteiger partial charge in [0.25, 0.3) is 10.0 Å². The Kier molecular flexibility index (Phi) is 6.43. The van der Waals surface area contributed by atoms with Crippen molar-refractivity contribution in [3.8, 4) is 0 Å². The summed E-state index contributed by atoms with van der Waals surface area (Å²) in [4.78, 5) is 11.7. The minimum atomic E-state index is -3.67. The van der Waals surface area contributed by atoms with Crippen LogP contribution in [-0.2, 0) is 14.8 Å². The van der Waals surface area contributed by atoms with Gasteiger partial charge < -0.3 is 5.32 Å². The van der Waals surface area contributed by atoms with Crippen LogP contribution in [0.2, 0.25) is 4.34 Å². The van der Waals surface area contributed by atoms with Crippen molar-refractivity contribution in [2.45, 2.75) is 36.3 Å². The van der Waals surface area contributed by atoms with E-state index >= 15 is 0 Å². The van der Waals surface area contributed by atoms with Crippen molar-refractivity contribution in [2.24, 2.45) is 0 Å². The molecule has 0 saturated carbocycles. The minimum Gasteiger partial charge on any atom is -0.355 e. The van der Waals surface area contributed by atoms with E-state index in [1.54, 1.807) is 0 Å². The van der Waals surface area contributed by atoms with Crippen LogP contribution in [0, 0.1) is 0 Å². The first kappa shape index (κ1) is 17.5. The van der Waals surface area contributed by atoms with E-state index in [4.69, 9.17) is 11.6 Å². The van der Waals surface area contributed by atoms with Crippen LogP contribution in [0.25, 0.3) is 0 Å². The summed E-state index contributed by atoms with van der Waals surface area (Å²) in [5, 5.41) is 2.73. The minimum absolute atomic E-state index is 0.109. The number of halogens is 1. The number of hydrogen-bond donors (Lipinski definition) is 2. The lowest BCUT2D eigenvalue weighted by Crippen LogP contribution is -2.37. The van der Waals surface area contributed by atoms with Crippen molar-refractivity contribution in [1.29, 1.82) is 0 Å². The van der Waals surface area contributed by atoms with Gasteiger partial charge in [-0.15, -0.1) is 11.3 Å². The number of carbonyl (C=O) groups excluding carboxylic acids is 1. The second kappa shape index (κ2) is 8.10. The summed E-state index contributed by atoms with van der Waals surface area (Å²) >= 11 is 6.67. The van der Waals surface area contributed by atoms with Gasteiger partial charge in [0.05, 0.1) is 10.9 Å². The fourth-order valence-electron chi connectivity index (χ4n) is 2.23. The lowest BCUT2D eigenvalue weighted by atomic mass is 9.97. The van der Waals surface area contributed by atoms with E-state index in [1.165, 1.54) is 30.5 Å². The molecule has 1 aliphatic carbocycles. The topological polar surface area (TPSA) is 75.3 Å². The maximum Gasteiger partial charge on any atom is 0.250 e. The zero-order chi connectivity index (χ0) is 16.0. The molecule has 1 aromatic rings. The molecule has 0 spiro atoms. The Hall–Kier alpha value is -0.890. The molecule has 0 atom stereocenters. The van der Waals surface area contributed by atoms with Crippen LogP contribution in [0.1, 0.15) is 32.1 Å². The van der Waals surface area contributed by atoms with Gasteiger partial charge in [0, 0.05) is 6.54 Å². The molecule has 1 heterocycles. The smallest absolute Gasteiger partial charge is 0.250 e. The van der Waals surface area contributed by atoms with Crippen LogP contribution in [0.3, 0.4) is 0 Å². The van der Waals surface area contributed by atoms with E-state index in [1.807, 2.05) is 0 Å². The third-order valence-electron chi connectivity index (χ3n) is 3.39. The van der Waals surface area contributed by atoms with Gasteiger partial charge in [-0.25, -0.2) is 13.1 Å². The maximum atomic E-state index is 11.9. The number of hydrogen-bond acceptors (Lipinski definition) is 4. The number of sulfonamides is 1. The van der Waals surface area contributed by atoms with Gasteiger partial charge >= 0.3 is 0 Å². The number of thiophene rings is 1. The fraction of sp³-hybridized carbons (Fsp3) is 0.500. The van der Waals surface area contributed by atoms with Gasteiger partial charge in [-0.2, -0.15) is 0 Å². The van der Waals surface area contributed by atoms with E-state index in [0.29, 0.717) is 10.9 Å². The summed E-state index contributed by atoms with van der Waals surface area (Å²) in [6, 6.07) is 2.93. The van der Waals surface area contributed by atoms with E-state index in [0.717, 1.165) is 30.6 Å². The van der Waals surface area contributed by atoms with E-state index in [9.17, 15) is 13.2 Å². The molecule has 0 aliphatic heterocycles. The number of rotatable bonds is 7. The van der Waals surface area contributed by atoms with Crippen LogP contribution in [0.15, 0.2) is 28.0 Å². The molecular formula is C14H19ClN2O3S2. The highest BCUT2D eigenvalue weighted by Crippen LogP contribution is 2.25. The summed E-state index contributed by atoms with van der Waals surface area (Å²) in [6.45, 7) is 0.272. The van der Waals surface area contributed by atoms with Crippen LogP contribution >= 0.6 is 22.9 Å². The third-order valence-corrected chi connectivity index (χ3v) is 6.51. The molecule has 1 amide bonds. The Bertz CT molecular complexity index is 653. The molecule has 1 aliphatic rings. The maximum absolute atomic E-state index is 11.9. The molecule has 0 bridgehead atoms. The van der Waals surface area contributed by atoms with E-state index in [-0.39, 0.29) is 16.7 Å². The van der Waals surface area contributed by atoms with E-state index < -0.39 is 10.0 Å². The van der Waals surface area contributed by atoms with Crippen molar-refractivity contribution < 1.29 is 13.2 Å². The molecule has 2 N–H and O–H groups in total. The molecule has 0 saturated heterocycles. The molecule has 1 aromatic heterocycles. The van der Waals surface area contributed by atoms with Gasteiger partial charge in [-0.1, -0.05) is 23.3 Å². The third kappa shape index (κ3) is 5.39. The zero-order valence-electron chi connectivity index (χ0n) is 12.1. The van der Waals surface area contributed by atoms with Crippen molar-refractivity contribution in [2.75, 3.05) is 13.1 Å². The largest absolute Gasteiger partial charge is 0.355 e. The zero-order valence-corrected chi connectivity index (χ0v) is 14.5. The highest BCUT2D eigenvalue weighted by Gasteiger charge is 2.17. The summed E-state index contributed by atoms with van der Waals surface area (Å²) in [5.74, 6) is -0.331. The first-order chi connectivity index (χ1) is 10.5. The SMILES string of the molecule is O=C(CNS(=O)(=O)c1ccc(Cl)s1)NCCC1=CCCCC1. The predicted molar refractivity (Wildman–Crippen MR) is 88.7 cm³/mol. The monoisotopic (exact) mass is 362 g/mol. The molecule has 0 radical (unpaired) electrons. The highest BCUT2D eigenvalue weighted by atomic mass is 35.5. The lowest BCUT2D eigenvalue weighted by molar-refractivity contribution is -0.119. The average molecular weight is 363 g/mol. The first-order valence-electron chi connectivity index (χ1n) is 7.17. The second-order valence-corrected chi connectivity index (χ2v) is 8.80. The molecule has 2 rings (SSSR count). The van der Waals surface area contributed by atoms with Crippen molar-refractivity contribution in [3.05, 3.63) is 28.1 Å². The Morgan fingerprint density at radius 1 is 1.32 bits per heavy atom. The van der Waals surface area contributed by atoms with Gasteiger partial charge in [0.2, 0.25) is 5.91 Å². The first-order valence-corrected chi connectivity index (χ1v) is 9.85. The Morgan fingerprint density at radius 2 is 2.14 bits per heavy atom. The summed E-state index contributed by atoms with van der Waals surface area (Å²) in [7, 11) is -3.67. The molecule has 0 fully saturated rings. The molecule has 0 unspecified atom stereocenters. The van der Waals surface area contributed by atoms with Gasteiger partial charge in [0.1, 0.15) is 4.21 Å². The molecule has 122 valence electrons. The average Bonchev–Trinajstić information content (AvgIpc) is 2.94.